The number of anilines is 1. The maximum atomic E-state index is 13.5. The van der Waals surface area contributed by atoms with Crippen molar-refractivity contribution in [3.63, 3.8) is 0 Å². The van der Waals surface area contributed by atoms with E-state index >= 15 is 0 Å². The highest BCUT2D eigenvalue weighted by molar-refractivity contribution is 14.1. The summed E-state index contributed by atoms with van der Waals surface area (Å²) in [5.74, 6) is -0.697. The van der Waals surface area contributed by atoms with Gasteiger partial charge in [0.25, 0.3) is 0 Å². The molecule has 11 heteroatoms. The van der Waals surface area contributed by atoms with Crippen molar-refractivity contribution < 1.29 is 18.0 Å². The maximum absolute atomic E-state index is 13.5. The molecule has 0 fully saturated rings. The van der Waals surface area contributed by atoms with Crippen molar-refractivity contribution in [1.29, 1.82) is 0 Å². The van der Waals surface area contributed by atoms with E-state index in [4.69, 9.17) is 23.2 Å². The Morgan fingerprint density at radius 3 is 2.09 bits per heavy atom. The van der Waals surface area contributed by atoms with Crippen molar-refractivity contribution in [3.05, 3.63) is 61.6 Å². The minimum Gasteiger partial charge on any atom is -0.354 e. The molecule has 0 saturated heterocycles. The number of halogens is 3. The van der Waals surface area contributed by atoms with Crippen molar-refractivity contribution >= 4 is 73.3 Å². The highest BCUT2D eigenvalue weighted by Crippen LogP contribution is 2.27. The van der Waals surface area contributed by atoms with Crippen LogP contribution >= 0.6 is 45.8 Å². The van der Waals surface area contributed by atoms with Crippen LogP contribution in [0.3, 0.4) is 0 Å². The number of sulfonamides is 1. The first kappa shape index (κ1) is 28.7. The molecule has 0 aliphatic carbocycles. The summed E-state index contributed by atoms with van der Waals surface area (Å²) in [6.45, 7) is 5.41. The van der Waals surface area contributed by atoms with Crippen molar-refractivity contribution in [1.82, 2.24) is 10.2 Å². The number of nitrogens with one attached hydrogen (secondary N) is 1. The smallest absolute Gasteiger partial charge is 0.244 e. The van der Waals surface area contributed by atoms with Crippen LogP contribution in [0.1, 0.15) is 26.3 Å². The molecule has 0 unspecified atom stereocenters. The Morgan fingerprint density at radius 2 is 1.59 bits per heavy atom. The average molecular weight is 640 g/mol. The summed E-state index contributed by atoms with van der Waals surface area (Å²) in [5.41, 5.74) is 0.826. The fourth-order valence-corrected chi connectivity index (χ4v) is 4.84. The SMILES string of the molecule is CC(C)CNC(=O)[C@H](C)N(Cc1c(Cl)cccc1Cl)C(=O)CN(c1ccc(I)cc1)S(C)(=O)=O. The van der Waals surface area contributed by atoms with E-state index in [0.29, 0.717) is 27.8 Å². The van der Waals surface area contributed by atoms with Gasteiger partial charge in [-0.25, -0.2) is 8.42 Å². The second kappa shape index (κ2) is 12.4. The zero-order valence-corrected chi connectivity index (χ0v) is 23.9. The number of hydrogen-bond donors (Lipinski definition) is 1. The molecule has 2 amide bonds. The van der Waals surface area contributed by atoms with Crippen molar-refractivity contribution in [2.45, 2.75) is 33.4 Å². The summed E-state index contributed by atoms with van der Waals surface area (Å²) in [7, 11) is -3.79. The monoisotopic (exact) mass is 639 g/mol. The Kier molecular flexibility index (Phi) is 10.5. The first-order chi connectivity index (χ1) is 15.8. The Morgan fingerprint density at radius 1 is 1.03 bits per heavy atom. The lowest BCUT2D eigenvalue weighted by Gasteiger charge is -2.32. The summed E-state index contributed by atoms with van der Waals surface area (Å²) in [5, 5.41) is 3.51. The fourth-order valence-electron chi connectivity index (χ4n) is 3.11. The van der Waals surface area contributed by atoms with Gasteiger partial charge in [0.05, 0.1) is 11.9 Å². The first-order valence-corrected chi connectivity index (χ1v) is 14.2. The van der Waals surface area contributed by atoms with Gasteiger partial charge in [0, 0.05) is 32.3 Å². The van der Waals surface area contributed by atoms with Crippen LogP contribution in [0.15, 0.2) is 42.5 Å². The summed E-state index contributed by atoms with van der Waals surface area (Å²) in [4.78, 5) is 27.6. The minimum absolute atomic E-state index is 0.0576. The zero-order valence-electron chi connectivity index (χ0n) is 19.4. The van der Waals surface area contributed by atoms with Gasteiger partial charge in [-0.15, -0.1) is 0 Å². The van der Waals surface area contributed by atoms with Crippen molar-refractivity contribution in [3.8, 4) is 0 Å². The first-order valence-electron chi connectivity index (χ1n) is 10.5. The molecule has 0 bridgehead atoms. The number of carbonyl (C=O) groups is 2. The van der Waals surface area contributed by atoms with Crippen molar-refractivity contribution in [2.24, 2.45) is 5.92 Å². The van der Waals surface area contributed by atoms with Gasteiger partial charge in [-0.3, -0.25) is 13.9 Å². The van der Waals surface area contributed by atoms with Crippen LogP contribution in [0.2, 0.25) is 10.0 Å². The predicted molar refractivity (Wildman–Crippen MR) is 146 cm³/mol. The molecule has 0 aliphatic rings. The summed E-state index contributed by atoms with van der Waals surface area (Å²) >= 11 is 14.8. The number of amides is 2. The topological polar surface area (TPSA) is 86.8 Å². The van der Waals surface area contributed by atoms with E-state index < -0.39 is 28.5 Å². The second-order valence-electron chi connectivity index (χ2n) is 8.28. The molecule has 0 radical (unpaired) electrons. The summed E-state index contributed by atoms with van der Waals surface area (Å²) < 4.78 is 27.1. The third kappa shape index (κ3) is 8.00. The summed E-state index contributed by atoms with van der Waals surface area (Å²) in [6.07, 6.45) is 1.03. The van der Waals surface area contributed by atoms with E-state index in [-0.39, 0.29) is 18.4 Å². The number of benzene rings is 2. The number of nitrogens with zero attached hydrogens (tertiary/aromatic N) is 2. The molecule has 1 N–H and O–H groups in total. The van der Waals surface area contributed by atoms with Crippen LogP contribution in [-0.4, -0.2) is 50.5 Å². The Balaban J connectivity index is 2.41. The van der Waals surface area contributed by atoms with Crippen LogP contribution in [-0.2, 0) is 26.2 Å². The molecule has 2 rings (SSSR count). The molecule has 34 heavy (non-hydrogen) atoms. The Hall–Kier alpha value is -1.56. The molecule has 1 atom stereocenters. The molecule has 2 aromatic carbocycles. The van der Waals surface area contributed by atoms with Gasteiger partial charge in [0.15, 0.2) is 0 Å². The molecule has 0 heterocycles. The molecule has 0 spiro atoms. The molecule has 7 nitrogen and oxygen atoms in total. The third-order valence-electron chi connectivity index (χ3n) is 5.04. The lowest BCUT2D eigenvalue weighted by Crippen LogP contribution is -2.51. The zero-order chi connectivity index (χ0) is 25.6. The number of carbonyl (C=O) groups excluding carboxylic acids is 2. The maximum Gasteiger partial charge on any atom is 0.244 e. The number of rotatable bonds is 10. The van der Waals surface area contributed by atoms with Gasteiger partial charge in [-0.2, -0.15) is 0 Å². The van der Waals surface area contributed by atoms with Gasteiger partial charge < -0.3 is 10.2 Å². The lowest BCUT2D eigenvalue weighted by molar-refractivity contribution is -0.139. The Labute approximate surface area is 225 Å². The quantitative estimate of drug-likeness (QED) is 0.387. The summed E-state index contributed by atoms with van der Waals surface area (Å²) in [6, 6.07) is 10.8. The molecule has 186 valence electrons. The van der Waals surface area contributed by atoms with Gasteiger partial charge in [0.2, 0.25) is 21.8 Å². The van der Waals surface area contributed by atoms with Crippen molar-refractivity contribution in [2.75, 3.05) is 23.7 Å². The molecule has 2 aromatic rings. The van der Waals surface area contributed by atoms with Crippen LogP contribution in [0, 0.1) is 9.49 Å². The van der Waals surface area contributed by atoms with E-state index in [2.05, 4.69) is 27.9 Å². The van der Waals surface area contributed by atoms with Gasteiger partial charge >= 0.3 is 0 Å². The Bertz CT molecular complexity index is 1110. The van der Waals surface area contributed by atoms with Crippen LogP contribution in [0.5, 0.6) is 0 Å². The average Bonchev–Trinajstić information content (AvgIpc) is 2.75. The van der Waals surface area contributed by atoms with Gasteiger partial charge in [-0.1, -0.05) is 43.1 Å². The van der Waals surface area contributed by atoms with E-state index in [0.717, 1.165) is 14.1 Å². The second-order valence-corrected chi connectivity index (χ2v) is 12.2. The third-order valence-corrected chi connectivity index (χ3v) is 7.60. The van der Waals surface area contributed by atoms with Crippen LogP contribution in [0.25, 0.3) is 0 Å². The molecular formula is C23H28Cl2IN3O4S. The molecule has 0 aromatic heterocycles. The fraction of sp³-hybridized carbons (Fsp3) is 0.391. The largest absolute Gasteiger partial charge is 0.354 e. The van der Waals surface area contributed by atoms with Gasteiger partial charge in [-0.05, 0) is 71.8 Å². The van der Waals surface area contributed by atoms with E-state index in [1.807, 2.05) is 13.8 Å². The molecular weight excluding hydrogens is 612 g/mol. The van der Waals surface area contributed by atoms with E-state index in [9.17, 15) is 18.0 Å². The number of hydrogen-bond acceptors (Lipinski definition) is 4. The van der Waals surface area contributed by atoms with E-state index in [1.54, 1.807) is 49.4 Å². The lowest BCUT2D eigenvalue weighted by atomic mass is 10.1. The standard InChI is InChI=1S/C23H28Cl2IN3O4S/c1-15(2)12-27-23(31)16(3)28(13-19-20(24)6-5-7-21(19)25)22(30)14-29(34(4,32)33)18-10-8-17(26)9-11-18/h5-11,15-16H,12-14H2,1-4H3,(H,27,31)/t16-/m0/s1. The minimum atomic E-state index is -3.79. The normalized spacial score (nSPS) is 12.4. The molecule has 0 saturated carbocycles. The van der Waals surface area contributed by atoms with E-state index in [1.165, 1.54) is 4.90 Å². The predicted octanol–water partition coefficient (Wildman–Crippen LogP) is 4.55. The van der Waals surface area contributed by atoms with Crippen LogP contribution < -0.4 is 9.62 Å². The highest BCUT2D eigenvalue weighted by atomic mass is 127. The highest BCUT2D eigenvalue weighted by Gasteiger charge is 2.31. The van der Waals surface area contributed by atoms with Gasteiger partial charge in [0.1, 0.15) is 12.6 Å². The molecule has 0 aliphatic heterocycles. The van der Waals surface area contributed by atoms with Crippen LogP contribution in [0.4, 0.5) is 5.69 Å².